The van der Waals surface area contributed by atoms with E-state index in [0.29, 0.717) is 16.9 Å². The summed E-state index contributed by atoms with van der Waals surface area (Å²) in [5.74, 6) is -1.07. The zero-order chi connectivity index (χ0) is 25.5. The average Bonchev–Trinajstić information content (AvgIpc) is 2.89. The second kappa shape index (κ2) is 11.4. The second-order valence-electron chi connectivity index (χ2n) is 8.10. The van der Waals surface area contributed by atoms with Crippen LogP contribution in [0, 0.1) is 6.92 Å². The van der Waals surface area contributed by atoms with Crippen LogP contribution in [0.15, 0.2) is 108 Å². The number of carbonyl (C=O) groups excluding carboxylic acids is 3. The third kappa shape index (κ3) is 6.00. The minimum atomic E-state index is -0.613. The van der Waals surface area contributed by atoms with Gasteiger partial charge in [-0.15, -0.1) is 11.8 Å². The Bertz CT molecular complexity index is 1390. The molecule has 0 aliphatic heterocycles. The topological polar surface area (TPSA) is 101 Å². The number of anilines is 2. The van der Waals surface area contributed by atoms with Gasteiger partial charge in [-0.2, -0.15) is 0 Å². The molecule has 0 heterocycles. The third-order valence-corrected chi connectivity index (χ3v) is 6.81. The first-order chi connectivity index (χ1) is 17.4. The fourth-order valence-corrected chi connectivity index (χ4v) is 4.71. The van der Waals surface area contributed by atoms with Gasteiger partial charge in [-0.1, -0.05) is 60.7 Å². The van der Waals surface area contributed by atoms with Gasteiger partial charge in [0.15, 0.2) is 0 Å². The highest BCUT2D eigenvalue weighted by molar-refractivity contribution is 8.00. The summed E-state index contributed by atoms with van der Waals surface area (Å²) in [5, 5.41) is 5.18. The molecule has 1 atom stereocenters. The summed E-state index contributed by atoms with van der Waals surface area (Å²) >= 11 is 1.37. The number of rotatable bonds is 8. The SMILES string of the molecule is Cc1ccccc1C(=O)Nc1ccc(SC(C(=O)Nc2ccccc2C(N)=O)c2ccccc2)cc1. The molecule has 4 aromatic rings. The Balaban J connectivity index is 1.52. The molecule has 0 spiro atoms. The van der Waals surface area contributed by atoms with Crippen molar-refractivity contribution in [2.45, 2.75) is 17.1 Å². The van der Waals surface area contributed by atoms with Crippen molar-refractivity contribution in [2.24, 2.45) is 5.73 Å². The van der Waals surface area contributed by atoms with Crippen molar-refractivity contribution in [3.05, 3.63) is 125 Å². The van der Waals surface area contributed by atoms with Crippen molar-refractivity contribution in [3.63, 3.8) is 0 Å². The summed E-state index contributed by atoms with van der Waals surface area (Å²) in [7, 11) is 0. The average molecular weight is 496 g/mol. The number of primary amides is 1. The number of benzene rings is 4. The maximum absolute atomic E-state index is 13.4. The van der Waals surface area contributed by atoms with E-state index in [1.54, 1.807) is 42.5 Å². The van der Waals surface area contributed by atoms with Gasteiger partial charge in [-0.3, -0.25) is 14.4 Å². The molecule has 1 unspecified atom stereocenters. The fraction of sp³-hybridized carbons (Fsp3) is 0.0690. The first-order valence-electron chi connectivity index (χ1n) is 11.3. The number of carbonyl (C=O) groups is 3. The molecular formula is C29H25N3O3S. The van der Waals surface area contributed by atoms with Crippen molar-refractivity contribution < 1.29 is 14.4 Å². The van der Waals surface area contributed by atoms with E-state index in [9.17, 15) is 14.4 Å². The Morgan fingerprint density at radius 1 is 0.722 bits per heavy atom. The summed E-state index contributed by atoms with van der Waals surface area (Å²) in [5.41, 5.74) is 9.07. The van der Waals surface area contributed by atoms with E-state index < -0.39 is 11.2 Å². The molecule has 0 saturated heterocycles. The fourth-order valence-electron chi connectivity index (χ4n) is 3.69. The standard InChI is InChI=1S/C29H25N3O3S/c1-19-9-5-6-12-23(19)28(34)31-21-15-17-22(18-16-21)36-26(20-10-3-2-4-11-20)29(35)32-25-14-8-7-13-24(25)27(30)33/h2-18,26H,1H3,(H2,30,33)(H,31,34)(H,32,35). The van der Waals surface area contributed by atoms with Crippen LogP contribution in [0.25, 0.3) is 0 Å². The maximum atomic E-state index is 13.4. The zero-order valence-corrected chi connectivity index (χ0v) is 20.4. The summed E-state index contributed by atoms with van der Waals surface area (Å²) < 4.78 is 0. The van der Waals surface area contributed by atoms with E-state index in [1.807, 2.05) is 67.6 Å². The molecule has 0 saturated carbocycles. The first-order valence-corrected chi connectivity index (χ1v) is 12.2. The maximum Gasteiger partial charge on any atom is 0.255 e. The Labute approximate surface area is 213 Å². The molecule has 4 N–H and O–H groups in total. The van der Waals surface area contributed by atoms with Crippen LogP contribution < -0.4 is 16.4 Å². The molecule has 0 bridgehead atoms. The number of para-hydroxylation sites is 1. The van der Waals surface area contributed by atoms with Gasteiger partial charge in [0, 0.05) is 16.1 Å². The molecule has 36 heavy (non-hydrogen) atoms. The Kier molecular flexibility index (Phi) is 7.82. The molecule has 3 amide bonds. The molecule has 0 aromatic heterocycles. The van der Waals surface area contributed by atoms with Crippen LogP contribution in [0.5, 0.6) is 0 Å². The van der Waals surface area contributed by atoms with Crippen LogP contribution >= 0.6 is 11.8 Å². The molecule has 0 aliphatic carbocycles. The second-order valence-corrected chi connectivity index (χ2v) is 9.28. The molecule has 6 nitrogen and oxygen atoms in total. The highest BCUT2D eigenvalue weighted by atomic mass is 32.2. The van der Waals surface area contributed by atoms with E-state index in [-0.39, 0.29) is 17.4 Å². The van der Waals surface area contributed by atoms with Gasteiger partial charge in [-0.25, -0.2) is 0 Å². The highest BCUT2D eigenvalue weighted by Crippen LogP contribution is 2.37. The Morgan fingerprint density at radius 2 is 1.33 bits per heavy atom. The zero-order valence-electron chi connectivity index (χ0n) is 19.6. The van der Waals surface area contributed by atoms with Crippen molar-refractivity contribution in [1.82, 2.24) is 0 Å². The molecule has 4 rings (SSSR count). The van der Waals surface area contributed by atoms with E-state index >= 15 is 0 Å². The summed E-state index contributed by atoms with van der Waals surface area (Å²) in [4.78, 5) is 38.6. The van der Waals surface area contributed by atoms with Gasteiger partial charge in [0.1, 0.15) is 5.25 Å². The minimum absolute atomic E-state index is 0.178. The number of amides is 3. The van der Waals surface area contributed by atoms with Crippen molar-refractivity contribution in [2.75, 3.05) is 10.6 Å². The summed E-state index contributed by atoms with van der Waals surface area (Å²) in [6, 6.07) is 30.8. The first kappa shape index (κ1) is 24.8. The number of nitrogens with two attached hydrogens (primary N) is 1. The number of nitrogens with one attached hydrogen (secondary N) is 2. The largest absolute Gasteiger partial charge is 0.366 e. The van der Waals surface area contributed by atoms with Crippen molar-refractivity contribution in [1.29, 1.82) is 0 Å². The molecule has 0 fully saturated rings. The van der Waals surface area contributed by atoms with Gasteiger partial charge in [-0.05, 0) is 60.5 Å². The van der Waals surface area contributed by atoms with E-state index in [1.165, 1.54) is 11.8 Å². The quantitative estimate of drug-likeness (QED) is 0.268. The minimum Gasteiger partial charge on any atom is -0.366 e. The third-order valence-electron chi connectivity index (χ3n) is 5.55. The van der Waals surface area contributed by atoms with Gasteiger partial charge in [0.05, 0.1) is 11.3 Å². The monoisotopic (exact) mass is 495 g/mol. The normalized spacial score (nSPS) is 11.4. The van der Waals surface area contributed by atoms with Gasteiger partial charge in [0.2, 0.25) is 5.91 Å². The summed E-state index contributed by atoms with van der Waals surface area (Å²) in [6.07, 6.45) is 0. The van der Waals surface area contributed by atoms with Crippen LogP contribution in [0.1, 0.15) is 37.1 Å². The van der Waals surface area contributed by atoms with Crippen molar-refractivity contribution in [3.8, 4) is 0 Å². The number of hydrogen-bond donors (Lipinski definition) is 3. The lowest BCUT2D eigenvalue weighted by Gasteiger charge is -2.18. The number of aryl methyl sites for hydroxylation is 1. The van der Waals surface area contributed by atoms with E-state index in [2.05, 4.69) is 10.6 Å². The number of thioether (sulfide) groups is 1. The van der Waals surface area contributed by atoms with Crippen LogP contribution in [-0.2, 0) is 4.79 Å². The lowest BCUT2D eigenvalue weighted by molar-refractivity contribution is -0.115. The molecule has 4 aromatic carbocycles. The molecule has 7 heteroatoms. The van der Waals surface area contributed by atoms with E-state index in [0.717, 1.165) is 16.0 Å². The van der Waals surface area contributed by atoms with Gasteiger partial charge in [0.25, 0.3) is 11.8 Å². The van der Waals surface area contributed by atoms with Gasteiger partial charge < -0.3 is 16.4 Å². The van der Waals surface area contributed by atoms with Gasteiger partial charge >= 0.3 is 0 Å². The molecule has 180 valence electrons. The van der Waals surface area contributed by atoms with Crippen LogP contribution in [0.4, 0.5) is 11.4 Å². The highest BCUT2D eigenvalue weighted by Gasteiger charge is 2.23. The Hall–Kier alpha value is -4.36. The van der Waals surface area contributed by atoms with Crippen LogP contribution in [0.2, 0.25) is 0 Å². The summed E-state index contributed by atoms with van der Waals surface area (Å²) in [6.45, 7) is 1.89. The Morgan fingerprint density at radius 3 is 2.00 bits per heavy atom. The van der Waals surface area contributed by atoms with Crippen LogP contribution in [-0.4, -0.2) is 17.7 Å². The van der Waals surface area contributed by atoms with Crippen LogP contribution in [0.3, 0.4) is 0 Å². The molecule has 0 aliphatic rings. The van der Waals surface area contributed by atoms with E-state index in [4.69, 9.17) is 5.73 Å². The number of hydrogen-bond acceptors (Lipinski definition) is 4. The predicted octanol–water partition coefficient (Wildman–Crippen LogP) is 5.82. The smallest absolute Gasteiger partial charge is 0.255 e. The predicted molar refractivity (Wildman–Crippen MR) is 144 cm³/mol. The lowest BCUT2D eigenvalue weighted by Crippen LogP contribution is -2.22. The van der Waals surface area contributed by atoms with Crippen molar-refractivity contribution >= 4 is 40.9 Å². The molecular weight excluding hydrogens is 470 g/mol. The molecule has 0 radical (unpaired) electrons. The lowest BCUT2D eigenvalue weighted by atomic mass is 10.1.